The van der Waals surface area contributed by atoms with Gasteiger partial charge in [-0.3, -0.25) is 4.79 Å². The van der Waals surface area contributed by atoms with Crippen molar-refractivity contribution >= 4 is 5.91 Å². The zero-order valence-corrected chi connectivity index (χ0v) is 14.9. The number of hydrogen-bond acceptors (Lipinski definition) is 3. The second kappa shape index (κ2) is 8.16. The minimum Gasteiger partial charge on any atom is -0.381 e. The molecule has 4 nitrogen and oxygen atoms in total. The molecule has 24 heavy (non-hydrogen) atoms. The molecular weight excluding hydrogens is 300 g/mol. The maximum Gasteiger partial charge on any atom is 0.264 e. The molecule has 2 heterocycles. The molecule has 0 aromatic heterocycles. The van der Waals surface area contributed by atoms with Gasteiger partial charge in [0.05, 0.1) is 0 Å². The quantitative estimate of drug-likeness (QED) is 0.573. The van der Waals surface area contributed by atoms with Gasteiger partial charge in [0.15, 0.2) is 0 Å². The normalized spacial score (nSPS) is 32.6. The van der Waals surface area contributed by atoms with Crippen molar-refractivity contribution in [3.8, 4) is 6.07 Å². The maximum atomic E-state index is 13.0. The Labute approximate surface area is 145 Å². The van der Waals surface area contributed by atoms with Gasteiger partial charge in [-0.25, -0.2) is 0 Å². The van der Waals surface area contributed by atoms with Crippen molar-refractivity contribution < 1.29 is 9.53 Å². The summed E-state index contributed by atoms with van der Waals surface area (Å²) in [6.45, 7) is 4.48. The lowest BCUT2D eigenvalue weighted by molar-refractivity contribution is -0.132. The van der Waals surface area contributed by atoms with E-state index in [0.717, 1.165) is 44.9 Å². The first-order valence-corrected chi connectivity index (χ1v) is 9.71. The van der Waals surface area contributed by atoms with E-state index in [-0.39, 0.29) is 11.9 Å². The van der Waals surface area contributed by atoms with Crippen LogP contribution in [0, 0.1) is 29.1 Å². The molecule has 2 aliphatic heterocycles. The molecule has 132 valence electrons. The Bertz CT molecular complexity index is 516. The summed E-state index contributed by atoms with van der Waals surface area (Å²) in [6, 6.07) is 2.45. The number of nitriles is 1. The third-order valence-electron chi connectivity index (χ3n) is 6.35. The number of allylic oxidation sites excluding steroid dienone is 1. The van der Waals surface area contributed by atoms with E-state index < -0.39 is 0 Å². The molecule has 3 fully saturated rings. The lowest BCUT2D eigenvalue weighted by Gasteiger charge is -2.43. The average molecular weight is 330 g/mol. The molecule has 0 bridgehead atoms. The number of rotatable bonds is 2. The highest BCUT2D eigenvalue weighted by atomic mass is 16.5. The third-order valence-corrected chi connectivity index (χ3v) is 6.35. The lowest BCUT2D eigenvalue weighted by Crippen LogP contribution is -2.50. The van der Waals surface area contributed by atoms with E-state index >= 15 is 0 Å². The molecule has 3 aliphatic rings. The number of carbonyl (C=O) groups is 1. The van der Waals surface area contributed by atoms with Crippen LogP contribution in [0.4, 0.5) is 0 Å². The highest BCUT2D eigenvalue weighted by Crippen LogP contribution is 2.39. The second-order valence-corrected chi connectivity index (χ2v) is 7.73. The van der Waals surface area contributed by atoms with Crippen LogP contribution >= 0.6 is 0 Å². The van der Waals surface area contributed by atoms with Crippen LogP contribution in [0.15, 0.2) is 11.6 Å². The Morgan fingerprint density at radius 2 is 1.88 bits per heavy atom. The van der Waals surface area contributed by atoms with E-state index in [4.69, 9.17) is 4.74 Å². The zero-order valence-electron chi connectivity index (χ0n) is 14.9. The summed E-state index contributed by atoms with van der Waals surface area (Å²) >= 11 is 0. The minimum atomic E-state index is -0.0424. The van der Waals surface area contributed by atoms with Crippen LogP contribution in [0.2, 0.25) is 0 Å². The molecule has 1 aliphatic carbocycles. The molecule has 2 saturated heterocycles. The molecule has 0 N–H and O–H groups in total. The van der Waals surface area contributed by atoms with Gasteiger partial charge in [-0.15, -0.1) is 0 Å². The number of piperidine rings is 1. The molecule has 0 spiro atoms. The van der Waals surface area contributed by atoms with E-state index in [1.165, 1.54) is 32.1 Å². The molecule has 0 aromatic carbocycles. The highest BCUT2D eigenvalue weighted by Gasteiger charge is 2.38. The number of fused-ring (bicyclic) bond motifs is 1. The van der Waals surface area contributed by atoms with Crippen LogP contribution in [0.1, 0.15) is 58.3 Å². The first kappa shape index (κ1) is 17.5. The van der Waals surface area contributed by atoms with Gasteiger partial charge in [0.1, 0.15) is 11.6 Å². The van der Waals surface area contributed by atoms with Crippen LogP contribution in [-0.4, -0.2) is 36.6 Å². The largest absolute Gasteiger partial charge is 0.381 e. The standard InChI is InChI=1S/C20H30N2O2/c1-15-19-6-4-2-3-5-17(19)7-10-22(15)20(23)18(14-21)13-16-8-11-24-12-9-16/h13,15-17,19H,2-12H2,1H3/b18-13-. The number of amides is 1. The van der Waals surface area contributed by atoms with E-state index in [1.54, 1.807) is 0 Å². The zero-order chi connectivity index (χ0) is 16.9. The number of nitrogens with zero attached hydrogens (tertiary/aromatic N) is 2. The summed E-state index contributed by atoms with van der Waals surface area (Å²) < 4.78 is 5.37. The van der Waals surface area contributed by atoms with Crippen molar-refractivity contribution in [1.82, 2.24) is 4.90 Å². The second-order valence-electron chi connectivity index (χ2n) is 7.73. The van der Waals surface area contributed by atoms with Gasteiger partial charge in [0.2, 0.25) is 0 Å². The first-order chi connectivity index (χ1) is 11.7. The van der Waals surface area contributed by atoms with E-state index in [2.05, 4.69) is 13.0 Å². The molecular formula is C20H30N2O2. The fraction of sp³-hybridized carbons (Fsp3) is 0.800. The molecule has 1 saturated carbocycles. The fourth-order valence-electron chi connectivity index (χ4n) is 4.86. The topological polar surface area (TPSA) is 53.3 Å². The van der Waals surface area contributed by atoms with Crippen LogP contribution in [0.3, 0.4) is 0 Å². The van der Waals surface area contributed by atoms with Gasteiger partial charge in [-0.1, -0.05) is 31.8 Å². The summed E-state index contributed by atoms with van der Waals surface area (Å²) in [4.78, 5) is 15.0. The molecule has 3 rings (SSSR count). The summed E-state index contributed by atoms with van der Waals surface area (Å²) in [7, 11) is 0. The predicted octanol–water partition coefficient (Wildman–Crippen LogP) is 3.68. The minimum absolute atomic E-state index is 0.0424. The van der Waals surface area contributed by atoms with Crippen LogP contribution < -0.4 is 0 Å². The number of carbonyl (C=O) groups excluding carboxylic acids is 1. The molecule has 0 aromatic rings. The molecule has 4 heteroatoms. The average Bonchev–Trinajstić information content (AvgIpc) is 2.86. The highest BCUT2D eigenvalue weighted by molar-refractivity contribution is 5.97. The third kappa shape index (κ3) is 3.83. The Morgan fingerprint density at radius 1 is 1.12 bits per heavy atom. The van der Waals surface area contributed by atoms with Crippen molar-refractivity contribution in [3.05, 3.63) is 11.6 Å². The molecule has 3 unspecified atom stereocenters. The first-order valence-electron chi connectivity index (χ1n) is 9.71. The molecule has 0 radical (unpaired) electrons. The van der Waals surface area contributed by atoms with Crippen LogP contribution in [0.25, 0.3) is 0 Å². The predicted molar refractivity (Wildman–Crippen MR) is 93.1 cm³/mol. The van der Waals surface area contributed by atoms with Crippen molar-refractivity contribution in [3.63, 3.8) is 0 Å². The van der Waals surface area contributed by atoms with E-state index in [1.807, 2.05) is 11.0 Å². The van der Waals surface area contributed by atoms with Crippen molar-refractivity contribution in [2.75, 3.05) is 19.8 Å². The smallest absolute Gasteiger partial charge is 0.264 e. The monoisotopic (exact) mass is 330 g/mol. The SMILES string of the molecule is CC1C2CCCCCC2CCN1C(=O)/C(C#N)=C\C1CCOCC1. The van der Waals surface area contributed by atoms with Gasteiger partial charge >= 0.3 is 0 Å². The summed E-state index contributed by atoms with van der Waals surface area (Å²) in [6.07, 6.45) is 11.4. The van der Waals surface area contributed by atoms with Gasteiger partial charge < -0.3 is 9.64 Å². The summed E-state index contributed by atoms with van der Waals surface area (Å²) in [5.74, 6) is 1.66. The van der Waals surface area contributed by atoms with Crippen LogP contribution in [0.5, 0.6) is 0 Å². The van der Waals surface area contributed by atoms with Gasteiger partial charge in [-0.2, -0.15) is 5.26 Å². The van der Waals surface area contributed by atoms with Gasteiger partial charge in [-0.05, 0) is 50.4 Å². The van der Waals surface area contributed by atoms with Crippen molar-refractivity contribution in [2.24, 2.45) is 17.8 Å². The number of hydrogen-bond donors (Lipinski definition) is 0. The number of likely N-dealkylation sites (tertiary alicyclic amines) is 1. The summed E-state index contributed by atoms with van der Waals surface area (Å²) in [5, 5.41) is 9.52. The Hall–Kier alpha value is -1.34. The molecule has 1 amide bonds. The summed E-state index contributed by atoms with van der Waals surface area (Å²) in [5.41, 5.74) is 0.348. The maximum absolute atomic E-state index is 13.0. The van der Waals surface area contributed by atoms with E-state index in [0.29, 0.717) is 17.4 Å². The van der Waals surface area contributed by atoms with Crippen LogP contribution in [-0.2, 0) is 9.53 Å². The Balaban J connectivity index is 1.70. The number of ether oxygens (including phenoxy) is 1. The van der Waals surface area contributed by atoms with Gasteiger partial charge in [0.25, 0.3) is 5.91 Å². The van der Waals surface area contributed by atoms with Crippen molar-refractivity contribution in [1.29, 1.82) is 5.26 Å². The fourth-order valence-corrected chi connectivity index (χ4v) is 4.86. The molecule has 3 atom stereocenters. The van der Waals surface area contributed by atoms with Crippen molar-refractivity contribution in [2.45, 2.75) is 64.3 Å². The Kier molecular flexibility index (Phi) is 5.94. The van der Waals surface area contributed by atoms with E-state index in [9.17, 15) is 10.1 Å². The van der Waals surface area contributed by atoms with Gasteiger partial charge in [0, 0.05) is 25.8 Å². The lowest BCUT2D eigenvalue weighted by atomic mass is 9.77. The Morgan fingerprint density at radius 3 is 2.62 bits per heavy atom.